The quantitative estimate of drug-likeness (QED) is 0.853. The minimum absolute atomic E-state index is 0.475. The van der Waals surface area contributed by atoms with Gasteiger partial charge in [0.25, 0.3) is 0 Å². The molecule has 0 saturated heterocycles. The number of nitrogens with two attached hydrogens (primary N) is 1. The molecule has 5 nitrogen and oxygen atoms in total. The van der Waals surface area contributed by atoms with Gasteiger partial charge in [-0.3, -0.25) is 0 Å². The van der Waals surface area contributed by atoms with E-state index in [0.717, 1.165) is 5.56 Å². The summed E-state index contributed by atoms with van der Waals surface area (Å²) in [6.07, 6.45) is 0.573. The minimum atomic E-state index is -0.475. The molecule has 2 rings (SSSR count). The van der Waals surface area contributed by atoms with Gasteiger partial charge in [-0.15, -0.1) is 10.2 Å². The predicted molar refractivity (Wildman–Crippen MR) is 65.2 cm³/mol. The summed E-state index contributed by atoms with van der Waals surface area (Å²) in [6, 6.07) is 8.21. The van der Waals surface area contributed by atoms with Crippen LogP contribution in [-0.4, -0.2) is 20.2 Å². The van der Waals surface area contributed by atoms with Crippen molar-refractivity contribution >= 4 is 0 Å². The SMILES string of the molecule is Cc1ccc(C(C)(N)Cc2nnn(C)n2)cc1. The van der Waals surface area contributed by atoms with Crippen LogP contribution in [0.4, 0.5) is 0 Å². The summed E-state index contributed by atoms with van der Waals surface area (Å²) in [7, 11) is 1.75. The van der Waals surface area contributed by atoms with E-state index in [9.17, 15) is 0 Å². The molecule has 1 heterocycles. The monoisotopic (exact) mass is 231 g/mol. The van der Waals surface area contributed by atoms with Gasteiger partial charge in [0.15, 0.2) is 5.82 Å². The number of aryl methyl sites for hydroxylation is 2. The van der Waals surface area contributed by atoms with Gasteiger partial charge >= 0.3 is 0 Å². The second-order valence-corrected chi connectivity index (χ2v) is 4.66. The van der Waals surface area contributed by atoms with Gasteiger partial charge in [0.1, 0.15) is 0 Å². The molecule has 0 amide bonds. The summed E-state index contributed by atoms with van der Waals surface area (Å²) in [5.41, 5.74) is 8.14. The van der Waals surface area contributed by atoms with Crippen molar-refractivity contribution in [1.82, 2.24) is 20.2 Å². The van der Waals surface area contributed by atoms with E-state index in [0.29, 0.717) is 12.2 Å². The highest BCUT2D eigenvalue weighted by atomic mass is 15.6. The van der Waals surface area contributed by atoms with E-state index in [-0.39, 0.29) is 0 Å². The highest BCUT2D eigenvalue weighted by molar-refractivity contribution is 5.27. The number of hydrogen-bond donors (Lipinski definition) is 1. The predicted octanol–water partition coefficient (Wildman–Crippen LogP) is 0.935. The van der Waals surface area contributed by atoms with Crippen LogP contribution < -0.4 is 5.73 Å². The van der Waals surface area contributed by atoms with Crippen molar-refractivity contribution in [2.45, 2.75) is 25.8 Å². The highest BCUT2D eigenvalue weighted by Crippen LogP contribution is 2.21. The van der Waals surface area contributed by atoms with Gasteiger partial charge in [0.05, 0.1) is 7.05 Å². The second-order valence-electron chi connectivity index (χ2n) is 4.66. The number of aromatic nitrogens is 4. The van der Waals surface area contributed by atoms with Crippen molar-refractivity contribution in [2.75, 3.05) is 0 Å². The van der Waals surface area contributed by atoms with Crippen LogP contribution in [0, 0.1) is 6.92 Å². The summed E-state index contributed by atoms with van der Waals surface area (Å²) >= 11 is 0. The van der Waals surface area contributed by atoms with Crippen molar-refractivity contribution in [3.63, 3.8) is 0 Å². The summed E-state index contributed by atoms with van der Waals surface area (Å²) in [5.74, 6) is 0.665. The Kier molecular flexibility index (Phi) is 2.93. The van der Waals surface area contributed by atoms with Crippen molar-refractivity contribution in [3.8, 4) is 0 Å². The van der Waals surface area contributed by atoms with Crippen LogP contribution in [0.2, 0.25) is 0 Å². The molecule has 0 aliphatic rings. The van der Waals surface area contributed by atoms with Crippen LogP contribution >= 0.6 is 0 Å². The molecule has 1 aromatic carbocycles. The summed E-state index contributed by atoms with van der Waals surface area (Å²) < 4.78 is 0. The van der Waals surface area contributed by atoms with E-state index in [1.54, 1.807) is 7.05 Å². The lowest BCUT2D eigenvalue weighted by Crippen LogP contribution is -2.35. The van der Waals surface area contributed by atoms with Gasteiger partial charge in [-0.2, -0.15) is 4.80 Å². The molecule has 1 unspecified atom stereocenters. The molecule has 2 aromatic rings. The Hall–Kier alpha value is -1.75. The van der Waals surface area contributed by atoms with Gasteiger partial charge < -0.3 is 5.73 Å². The molecule has 0 spiro atoms. The Bertz CT molecular complexity index is 498. The third-order valence-electron chi connectivity index (χ3n) is 2.79. The van der Waals surface area contributed by atoms with Crippen molar-refractivity contribution < 1.29 is 0 Å². The van der Waals surface area contributed by atoms with Gasteiger partial charge in [-0.05, 0) is 24.6 Å². The van der Waals surface area contributed by atoms with Crippen molar-refractivity contribution in [3.05, 3.63) is 41.2 Å². The second kappa shape index (κ2) is 4.25. The molecule has 17 heavy (non-hydrogen) atoms. The largest absolute Gasteiger partial charge is 0.321 e. The van der Waals surface area contributed by atoms with Crippen molar-refractivity contribution in [1.29, 1.82) is 0 Å². The van der Waals surface area contributed by atoms with Crippen LogP contribution in [0.1, 0.15) is 23.9 Å². The fourth-order valence-electron chi connectivity index (χ4n) is 1.76. The topological polar surface area (TPSA) is 69.6 Å². The van der Waals surface area contributed by atoms with Crippen LogP contribution in [0.3, 0.4) is 0 Å². The molecule has 0 bridgehead atoms. The maximum atomic E-state index is 6.31. The highest BCUT2D eigenvalue weighted by Gasteiger charge is 2.23. The number of rotatable bonds is 3. The zero-order valence-electron chi connectivity index (χ0n) is 10.4. The van der Waals surface area contributed by atoms with E-state index < -0.39 is 5.54 Å². The van der Waals surface area contributed by atoms with Gasteiger partial charge in [-0.25, -0.2) is 0 Å². The maximum Gasteiger partial charge on any atom is 0.176 e. The third-order valence-corrected chi connectivity index (χ3v) is 2.79. The molecule has 0 aliphatic carbocycles. The number of nitrogens with zero attached hydrogens (tertiary/aromatic N) is 4. The molecule has 90 valence electrons. The number of hydrogen-bond acceptors (Lipinski definition) is 4. The Morgan fingerprint density at radius 3 is 2.47 bits per heavy atom. The van der Waals surface area contributed by atoms with Crippen LogP contribution in [0.15, 0.2) is 24.3 Å². The average molecular weight is 231 g/mol. The molecule has 0 aliphatic heterocycles. The summed E-state index contributed by atoms with van der Waals surface area (Å²) in [5, 5.41) is 11.9. The fourth-order valence-corrected chi connectivity index (χ4v) is 1.76. The zero-order valence-corrected chi connectivity index (χ0v) is 10.4. The van der Waals surface area contributed by atoms with Crippen molar-refractivity contribution in [2.24, 2.45) is 12.8 Å². The first-order chi connectivity index (χ1) is 7.97. The number of tetrazole rings is 1. The molecule has 2 N–H and O–H groups in total. The molecule has 0 fully saturated rings. The van der Waals surface area contributed by atoms with Crippen LogP contribution in [0.5, 0.6) is 0 Å². The van der Waals surface area contributed by atoms with Crippen LogP contribution in [-0.2, 0) is 19.0 Å². The van der Waals surface area contributed by atoms with E-state index in [1.807, 2.05) is 19.1 Å². The summed E-state index contributed by atoms with van der Waals surface area (Å²) in [6.45, 7) is 4.04. The fraction of sp³-hybridized carbons (Fsp3) is 0.417. The Labute approximate surface area is 101 Å². The van der Waals surface area contributed by atoms with E-state index >= 15 is 0 Å². The third kappa shape index (κ3) is 2.68. The first-order valence-corrected chi connectivity index (χ1v) is 5.56. The molecule has 5 heteroatoms. The Morgan fingerprint density at radius 2 is 1.94 bits per heavy atom. The lowest BCUT2D eigenvalue weighted by Gasteiger charge is -2.23. The van der Waals surface area contributed by atoms with E-state index in [2.05, 4.69) is 34.5 Å². The smallest absolute Gasteiger partial charge is 0.176 e. The molecular weight excluding hydrogens is 214 g/mol. The summed E-state index contributed by atoms with van der Waals surface area (Å²) in [4.78, 5) is 1.44. The Morgan fingerprint density at radius 1 is 1.29 bits per heavy atom. The lowest BCUT2D eigenvalue weighted by molar-refractivity contribution is 0.476. The minimum Gasteiger partial charge on any atom is -0.321 e. The van der Waals surface area contributed by atoms with Crippen LogP contribution in [0.25, 0.3) is 0 Å². The number of benzene rings is 1. The molecule has 0 radical (unpaired) electrons. The molecule has 1 aromatic heterocycles. The van der Waals surface area contributed by atoms with E-state index in [1.165, 1.54) is 10.4 Å². The average Bonchev–Trinajstić information content (AvgIpc) is 2.63. The molecule has 1 atom stereocenters. The first kappa shape index (κ1) is 11.7. The lowest BCUT2D eigenvalue weighted by atomic mass is 9.89. The Balaban J connectivity index is 2.21. The zero-order chi connectivity index (χ0) is 12.5. The molecule has 0 saturated carbocycles. The van der Waals surface area contributed by atoms with Gasteiger partial charge in [0, 0.05) is 12.0 Å². The van der Waals surface area contributed by atoms with E-state index in [4.69, 9.17) is 5.73 Å². The maximum absolute atomic E-state index is 6.31. The normalized spacial score (nSPS) is 14.6. The first-order valence-electron chi connectivity index (χ1n) is 5.56. The molecular formula is C12H17N5. The standard InChI is InChI=1S/C12H17N5/c1-9-4-6-10(7-5-9)12(2,13)8-11-14-16-17(3)15-11/h4-7H,8,13H2,1-3H3. The van der Waals surface area contributed by atoms with Gasteiger partial charge in [-0.1, -0.05) is 29.8 Å². The van der Waals surface area contributed by atoms with Gasteiger partial charge in [0.2, 0.25) is 0 Å².